The van der Waals surface area contributed by atoms with Crippen LogP contribution < -0.4 is 9.47 Å². The van der Waals surface area contributed by atoms with E-state index in [4.69, 9.17) is 20.0 Å². The van der Waals surface area contributed by atoms with Crippen LogP contribution in [0.1, 0.15) is 11.1 Å². The van der Waals surface area contributed by atoms with Crippen molar-refractivity contribution in [2.24, 2.45) is 0 Å². The van der Waals surface area contributed by atoms with E-state index in [2.05, 4.69) is 11.8 Å². The molecule has 0 fully saturated rings. The van der Waals surface area contributed by atoms with Crippen LogP contribution in [0.5, 0.6) is 11.5 Å². The van der Waals surface area contributed by atoms with Gasteiger partial charge in [-0.1, -0.05) is 36.1 Å². The van der Waals surface area contributed by atoms with Crippen molar-refractivity contribution in [3.8, 4) is 35.5 Å². The highest BCUT2D eigenvalue weighted by Gasteiger charge is 2.01. The van der Waals surface area contributed by atoms with Gasteiger partial charge >= 0.3 is 0 Å². The minimum absolute atomic E-state index is 0.0272. The van der Waals surface area contributed by atoms with E-state index in [9.17, 15) is 0 Å². The third kappa shape index (κ3) is 4.04. The number of ether oxygens (including phenoxy) is 2. The van der Waals surface area contributed by atoms with Crippen molar-refractivity contribution in [3.05, 3.63) is 59.7 Å². The van der Waals surface area contributed by atoms with Crippen LogP contribution in [-0.4, -0.2) is 13.2 Å². The average molecular weight is 288 g/mol. The van der Waals surface area contributed by atoms with Crippen LogP contribution in [0.2, 0.25) is 0 Å². The number of nitrogens with zero attached hydrogens (tertiary/aromatic N) is 2. The highest BCUT2D eigenvalue weighted by molar-refractivity contribution is 5.53. The molecular formula is C18H12N2O2. The van der Waals surface area contributed by atoms with Crippen LogP contribution >= 0.6 is 0 Å². The Labute approximate surface area is 129 Å². The number of rotatable bonds is 4. The topological polar surface area (TPSA) is 66.0 Å². The molecule has 0 amide bonds. The molecule has 4 heteroatoms. The Morgan fingerprint density at radius 3 is 1.50 bits per heavy atom. The summed E-state index contributed by atoms with van der Waals surface area (Å²) in [5, 5.41) is 17.2. The summed E-state index contributed by atoms with van der Waals surface area (Å²) in [4.78, 5) is 0. The van der Waals surface area contributed by atoms with Crippen LogP contribution in [0.4, 0.5) is 0 Å². The summed E-state index contributed by atoms with van der Waals surface area (Å²) in [5.74, 6) is 7.14. The van der Waals surface area contributed by atoms with E-state index in [1.54, 1.807) is 12.1 Å². The largest absolute Gasteiger partial charge is 0.477 e. The zero-order valence-electron chi connectivity index (χ0n) is 11.7. The molecule has 0 aliphatic carbocycles. The molecule has 0 aliphatic heterocycles. The average Bonchev–Trinajstić information content (AvgIpc) is 2.57. The van der Waals surface area contributed by atoms with Gasteiger partial charge in [0.15, 0.2) is 13.2 Å². The van der Waals surface area contributed by atoms with Crippen molar-refractivity contribution in [1.82, 2.24) is 0 Å². The van der Waals surface area contributed by atoms with Crippen LogP contribution in [-0.2, 0) is 0 Å². The Balaban J connectivity index is 2.28. The molecule has 0 unspecified atom stereocenters. The third-order valence-corrected chi connectivity index (χ3v) is 2.69. The Kier molecular flexibility index (Phi) is 5.45. The fourth-order valence-corrected chi connectivity index (χ4v) is 1.75. The molecule has 0 N–H and O–H groups in total. The standard InChI is InChI=1S/C18H12N2O2/c19-11-13-21-17-7-3-1-5-15(17)9-10-16-6-2-4-8-18(16)22-14-12-20/h1-8H,13-14H2. The van der Waals surface area contributed by atoms with Crippen LogP contribution in [0.25, 0.3) is 0 Å². The SMILES string of the molecule is N#CCOc1ccccc1C#Cc1ccccc1OCC#N. The number of hydrogen-bond donors (Lipinski definition) is 0. The number of nitriles is 2. The molecular weight excluding hydrogens is 276 g/mol. The lowest BCUT2D eigenvalue weighted by atomic mass is 10.1. The minimum atomic E-state index is -0.0272. The summed E-state index contributed by atoms with van der Waals surface area (Å²) in [6, 6.07) is 18.4. The zero-order chi connectivity index (χ0) is 15.6. The monoisotopic (exact) mass is 288 g/mol. The Morgan fingerprint density at radius 2 is 1.09 bits per heavy atom. The van der Waals surface area contributed by atoms with E-state index in [1.807, 2.05) is 48.5 Å². The maximum atomic E-state index is 8.59. The lowest BCUT2D eigenvalue weighted by molar-refractivity contribution is 0.366. The highest BCUT2D eigenvalue weighted by Crippen LogP contribution is 2.19. The normalized spacial score (nSPS) is 8.82. The summed E-state index contributed by atoms with van der Waals surface area (Å²) in [5.41, 5.74) is 1.38. The van der Waals surface area contributed by atoms with Gasteiger partial charge in [-0.3, -0.25) is 0 Å². The van der Waals surface area contributed by atoms with Crippen molar-refractivity contribution in [2.75, 3.05) is 13.2 Å². The van der Waals surface area contributed by atoms with Crippen LogP contribution in [0, 0.1) is 34.5 Å². The van der Waals surface area contributed by atoms with E-state index in [0.717, 1.165) is 0 Å². The molecule has 0 bridgehead atoms. The van der Waals surface area contributed by atoms with Gasteiger partial charge in [0.25, 0.3) is 0 Å². The van der Waals surface area contributed by atoms with E-state index >= 15 is 0 Å². The summed E-state index contributed by atoms with van der Waals surface area (Å²) in [6.07, 6.45) is 0. The van der Waals surface area contributed by atoms with Crippen molar-refractivity contribution in [2.45, 2.75) is 0 Å². The summed E-state index contributed by atoms with van der Waals surface area (Å²) >= 11 is 0. The zero-order valence-corrected chi connectivity index (χ0v) is 11.7. The molecule has 4 nitrogen and oxygen atoms in total. The molecule has 0 saturated heterocycles. The summed E-state index contributed by atoms with van der Waals surface area (Å²) in [7, 11) is 0. The van der Waals surface area contributed by atoms with Gasteiger partial charge in [-0.15, -0.1) is 0 Å². The van der Waals surface area contributed by atoms with Gasteiger partial charge in [0, 0.05) is 0 Å². The second-order valence-corrected chi connectivity index (χ2v) is 4.14. The fourth-order valence-electron chi connectivity index (χ4n) is 1.75. The first-order chi connectivity index (χ1) is 10.8. The van der Waals surface area contributed by atoms with Gasteiger partial charge in [-0.25, -0.2) is 0 Å². The van der Waals surface area contributed by atoms with E-state index in [0.29, 0.717) is 22.6 Å². The number of para-hydroxylation sites is 2. The first-order valence-corrected chi connectivity index (χ1v) is 6.54. The predicted octanol–water partition coefficient (Wildman–Crippen LogP) is 2.89. The number of hydrogen-bond acceptors (Lipinski definition) is 4. The van der Waals surface area contributed by atoms with Crippen molar-refractivity contribution < 1.29 is 9.47 Å². The summed E-state index contributed by atoms with van der Waals surface area (Å²) < 4.78 is 10.7. The van der Waals surface area contributed by atoms with E-state index in [1.165, 1.54) is 0 Å². The molecule has 0 heterocycles. The first-order valence-electron chi connectivity index (χ1n) is 6.54. The van der Waals surface area contributed by atoms with Crippen molar-refractivity contribution >= 4 is 0 Å². The minimum Gasteiger partial charge on any atom is -0.477 e. The molecule has 0 atom stereocenters. The molecule has 0 saturated carbocycles. The van der Waals surface area contributed by atoms with Gasteiger partial charge in [-0.2, -0.15) is 10.5 Å². The fraction of sp³-hybridized carbons (Fsp3) is 0.111. The second kappa shape index (κ2) is 8.00. The lowest BCUT2D eigenvalue weighted by Gasteiger charge is -2.04. The van der Waals surface area contributed by atoms with Crippen molar-refractivity contribution in [1.29, 1.82) is 10.5 Å². The second-order valence-electron chi connectivity index (χ2n) is 4.14. The molecule has 2 aromatic carbocycles. The molecule has 0 spiro atoms. The Hall–Kier alpha value is -3.42. The lowest BCUT2D eigenvalue weighted by Crippen LogP contribution is -1.96. The Bertz CT molecular complexity index is 723. The molecule has 0 radical (unpaired) electrons. The van der Waals surface area contributed by atoms with Gasteiger partial charge in [0.2, 0.25) is 0 Å². The molecule has 0 aliphatic rings. The number of benzene rings is 2. The van der Waals surface area contributed by atoms with E-state index in [-0.39, 0.29) is 13.2 Å². The van der Waals surface area contributed by atoms with Gasteiger partial charge < -0.3 is 9.47 Å². The third-order valence-electron chi connectivity index (χ3n) is 2.69. The van der Waals surface area contributed by atoms with Gasteiger partial charge in [0.1, 0.15) is 23.6 Å². The maximum Gasteiger partial charge on any atom is 0.174 e. The predicted molar refractivity (Wildman–Crippen MR) is 81.1 cm³/mol. The van der Waals surface area contributed by atoms with E-state index < -0.39 is 0 Å². The van der Waals surface area contributed by atoms with Crippen LogP contribution in [0.15, 0.2) is 48.5 Å². The van der Waals surface area contributed by atoms with Gasteiger partial charge in [-0.05, 0) is 24.3 Å². The smallest absolute Gasteiger partial charge is 0.174 e. The first kappa shape index (κ1) is 15.0. The molecule has 106 valence electrons. The van der Waals surface area contributed by atoms with Crippen molar-refractivity contribution in [3.63, 3.8) is 0 Å². The highest BCUT2D eigenvalue weighted by atomic mass is 16.5. The molecule has 22 heavy (non-hydrogen) atoms. The molecule has 2 rings (SSSR count). The quantitative estimate of drug-likeness (QED) is 0.811. The Morgan fingerprint density at radius 1 is 0.682 bits per heavy atom. The van der Waals surface area contributed by atoms with Crippen LogP contribution in [0.3, 0.4) is 0 Å². The maximum absolute atomic E-state index is 8.59. The molecule has 2 aromatic rings. The molecule has 0 aromatic heterocycles. The summed E-state index contributed by atoms with van der Waals surface area (Å²) in [6.45, 7) is -0.0544. The van der Waals surface area contributed by atoms with Gasteiger partial charge in [0.05, 0.1) is 11.1 Å².